The zero-order valence-corrected chi connectivity index (χ0v) is 21.9. The van der Waals surface area contributed by atoms with Crippen LogP contribution in [0.25, 0.3) is 31.6 Å². The summed E-state index contributed by atoms with van der Waals surface area (Å²) >= 11 is 1.59. The predicted molar refractivity (Wildman–Crippen MR) is 151 cm³/mol. The van der Waals surface area contributed by atoms with Crippen LogP contribution in [0.15, 0.2) is 78.9 Å². The van der Waals surface area contributed by atoms with Gasteiger partial charge in [-0.05, 0) is 54.5 Å². The highest BCUT2D eigenvalue weighted by molar-refractivity contribution is 7.21. The quantitative estimate of drug-likeness (QED) is 0.230. The van der Waals surface area contributed by atoms with E-state index in [4.69, 9.17) is 9.72 Å². The van der Waals surface area contributed by atoms with Gasteiger partial charge < -0.3 is 10.1 Å². The van der Waals surface area contributed by atoms with E-state index in [0.29, 0.717) is 12.0 Å². The number of aryl methyl sites for hydroxylation is 2. The van der Waals surface area contributed by atoms with Crippen molar-refractivity contribution in [2.45, 2.75) is 39.7 Å². The van der Waals surface area contributed by atoms with Gasteiger partial charge in [-0.15, -0.1) is 11.3 Å². The average molecular weight is 509 g/mol. The van der Waals surface area contributed by atoms with Crippen LogP contribution in [0.2, 0.25) is 0 Å². The number of rotatable bonds is 7. The Morgan fingerprint density at radius 2 is 1.70 bits per heavy atom. The number of para-hydroxylation sites is 2. The number of carbonyl (C=O) groups excluding carboxylic acids is 2. The summed E-state index contributed by atoms with van der Waals surface area (Å²) in [5.74, 6) is -0.854. The highest BCUT2D eigenvalue weighted by Gasteiger charge is 2.25. The lowest BCUT2D eigenvalue weighted by atomic mass is 9.99. The topological polar surface area (TPSA) is 68.3 Å². The summed E-state index contributed by atoms with van der Waals surface area (Å²) in [7, 11) is 0. The van der Waals surface area contributed by atoms with E-state index in [2.05, 4.69) is 5.32 Å². The summed E-state index contributed by atoms with van der Waals surface area (Å²) in [5, 5.41) is 5.53. The molecule has 5 aromatic rings. The summed E-state index contributed by atoms with van der Waals surface area (Å²) in [4.78, 5) is 31.5. The Bertz CT molecular complexity index is 1580. The van der Waals surface area contributed by atoms with E-state index >= 15 is 0 Å². The van der Waals surface area contributed by atoms with Gasteiger partial charge >= 0.3 is 5.97 Å². The first-order valence-electron chi connectivity index (χ1n) is 12.5. The van der Waals surface area contributed by atoms with E-state index in [1.807, 2.05) is 93.6 Å². The van der Waals surface area contributed by atoms with Crippen LogP contribution in [-0.2, 0) is 16.0 Å². The van der Waals surface area contributed by atoms with Crippen molar-refractivity contribution >= 4 is 49.9 Å². The van der Waals surface area contributed by atoms with Crippen LogP contribution in [0.5, 0.6) is 0 Å². The zero-order chi connectivity index (χ0) is 25.9. The van der Waals surface area contributed by atoms with E-state index in [-0.39, 0.29) is 5.91 Å². The Morgan fingerprint density at radius 1 is 0.946 bits per heavy atom. The summed E-state index contributed by atoms with van der Waals surface area (Å²) in [6.45, 7) is 5.85. The first kappa shape index (κ1) is 24.7. The van der Waals surface area contributed by atoms with Crippen LogP contribution in [0.4, 0.5) is 5.69 Å². The van der Waals surface area contributed by atoms with Gasteiger partial charge in [-0.3, -0.25) is 4.79 Å². The standard InChI is InChI=1S/C31H28N2O3S/c1-4-20-12-8-11-19(3)28(20)33-29(34)25(5-2)36-31(35)23-16-10-14-21-13-9-15-22(27(21)23)30-32-24-17-6-7-18-26(24)37-30/h6-18,25H,4-5H2,1-3H3,(H,33,34). The molecule has 0 radical (unpaired) electrons. The van der Waals surface area contributed by atoms with Crippen LogP contribution in [-0.4, -0.2) is 23.0 Å². The van der Waals surface area contributed by atoms with Crippen molar-refractivity contribution < 1.29 is 14.3 Å². The second kappa shape index (κ2) is 10.5. The molecule has 6 heteroatoms. The molecular formula is C31H28N2O3S. The fourth-order valence-electron chi connectivity index (χ4n) is 4.60. The van der Waals surface area contributed by atoms with Crippen molar-refractivity contribution in [1.82, 2.24) is 4.98 Å². The minimum Gasteiger partial charge on any atom is -0.449 e. The van der Waals surface area contributed by atoms with Crippen molar-refractivity contribution in [2.24, 2.45) is 0 Å². The van der Waals surface area contributed by atoms with Crippen LogP contribution >= 0.6 is 11.3 Å². The van der Waals surface area contributed by atoms with Gasteiger partial charge in [0, 0.05) is 16.6 Å². The van der Waals surface area contributed by atoms with E-state index in [1.54, 1.807) is 17.4 Å². The third-order valence-electron chi connectivity index (χ3n) is 6.55. The zero-order valence-electron chi connectivity index (χ0n) is 21.1. The van der Waals surface area contributed by atoms with Crippen LogP contribution in [0.3, 0.4) is 0 Å². The molecule has 0 saturated heterocycles. The largest absolute Gasteiger partial charge is 0.449 e. The molecule has 0 aliphatic heterocycles. The number of esters is 1. The van der Waals surface area contributed by atoms with Crippen molar-refractivity contribution in [3.05, 3.63) is 95.6 Å². The lowest BCUT2D eigenvalue weighted by Gasteiger charge is -2.19. The number of benzene rings is 4. The van der Waals surface area contributed by atoms with Gasteiger partial charge in [0.2, 0.25) is 0 Å². The lowest BCUT2D eigenvalue weighted by molar-refractivity contribution is -0.124. The smallest absolute Gasteiger partial charge is 0.339 e. The molecular weight excluding hydrogens is 480 g/mol. The Morgan fingerprint density at radius 3 is 2.46 bits per heavy atom. The van der Waals surface area contributed by atoms with Gasteiger partial charge in [-0.2, -0.15) is 0 Å². The molecule has 1 amide bonds. The molecule has 0 saturated carbocycles. The first-order valence-corrected chi connectivity index (χ1v) is 13.3. The van der Waals surface area contributed by atoms with Gasteiger partial charge in [0.25, 0.3) is 5.91 Å². The molecule has 1 aromatic heterocycles. The molecule has 4 aromatic carbocycles. The molecule has 1 atom stereocenters. The van der Waals surface area contributed by atoms with Gasteiger partial charge in [0.15, 0.2) is 6.10 Å². The molecule has 0 aliphatic carbocycles. The van der Waals surface area contributed by atoms with E-state index in [0.717, 1.165) is 54.8 Å². The third kappa shape index (κ3) is 4.85. The van der Waals surface area contributed by atoms with Gasteiger partial charge in [-0.25, -0.2) is 9.78 Å². The molecule has 186 valence electrons. The summed E-state index contributed by atoms with van der Waals surface area (Å²) in [6, 6.07) is 25.4. The number of nitrogens with one attached hydrogen (secondary N) is 1. The van der Waals surface area contributed by atoms with Crippen molar-refractivity contribution in [1.29, 1.82) is 0 Å². The van der Waals surface area contributed by atoms with Crippen molar-refractivity contribution in [3.63, 3.8) is 0 Å². The molecule has 0 aliphatic rings. The van der Waals surface area contributed by atoms with Crippen molar-refractivity contribution in [3.8, 4) is 10.6 Å². The fraction of sp³-hybridized carbons (Fsp3) is 0.194. The average Bonchev–Trinajstić information content (AvgIpc) is 3.36. The van der Waals surface area contributed by atoms with Crippen LogP contribution in [0.1, 0.15) is 41.8 Å². The minimum absolute atomic E-state index is 0.327. The molecule has 1 N–H and O–H groups in total. The number of carbonyl (C=O) groups is 2. The molecule has 1 heterocycles. The Kier molecular flexibility index (Phi) is 7.01. The molecule has 5 rings (SSSR count). The first-order chi connectivity index (χ1) is 18.0. The summed E-state index contributed by atoms with van der Waals surface area (Å²) < 4.78 is 6.91. The second-order valence-corrected chi connectivity index (χ2v) is 9.98. The number of anilines is 1. The predicted octanol–water partition coefficient (Wildman–Crippen LogP) is 7.56. The van der Waals surface area contributed by atoms with E-state index < -0.39 is 12.1 Å². The van der Waals surface area contributed by atoms with Gasteiger partial charge in [0.1, 0.15) is 5.01 Å². The molecule has 1 unspecified atom stereocenters. The normalized spacial score (nSPS) is 12.0. The number of aromatic nitrogens is 1. The molecule has 37 heavy (non-hydrogen) atoms. The maximum atomic E-state index is 13.5. The number of fused-ring (bicyclic) bond motifs is 2. The monoisotopic (exact) mass is 508 g/mol. The Balaban J connectivity index is 1.48. The van der Waals surface area contributed by atoms with Gasteiger partial charge in [0.05, 0.1) is 15.8 Å². The maximum absolute atomic E-state index is 13.5. The Hall–Kier alpha value is -4.03. The minimum atomic E-state index is -0.915. The third-order valence-corrected chi connectivity index (χ3v) is 7.62. The van der Waals surface area contributed by atoms with E-state index in [9.17, 15) is 9.59 Å². The lowest BCUT2D eigenvalue weighted by Crippen LogP contribution is -2.32. The highest BCUT2D eigenvalue weighted by atomic mass is 32.1. The van der Waals surface area contributed by atoms with Gasteiger partial charge in [-0.1, -0.05) is 74.5 Å². The number of thiazole rings is 1. The number of ether oxygens (including phenoxy) is 1. The second-order valence-electron chi connectivity index (χ2n) is 8.95. The number of hydrogen-bond donors (Lipinski definition) is 1. The van der Waals surface area contributed by atoms with Crippen LogP contribution in [0, 0.1) is 6.92 Å². The molecule has 0 bridgehead atoms. The van der Waals surface area contributed by atoms with E-state index in [1.165, 1.54) is 0 Å². The molecule has 5 nitrogen and oxygen atoms in total. The maximum Gasteiger partial charge on any atom is 0.339 e. The Labute approximate surface area is 220 Å². The number of hydrogen-bond acceptors (Lipinski definition) is 5. The summed E-state index contributed by atoms with van der Waals surface area (Å²) in [6.07, 6.45) is 0.237. The summed E-state index contributed by atoms with van der Waals surface area (Å²) in [5.41, 5.74) is 5.02. The number of amides is 1. The molecule has 0 fully saturated rings. The molecule has 0 spiro atoms. The highest BCUT2D eigenvalue weighted by Crippen LogP contribution is 2.36. The number of nitrogens with zero attached hydrogens (tertiary/aromatic N) is 1. The van der Waals surface area contributed by atoms with Crippen LogP contribution < -0.4 is 5.32 Å². The fourth-order valence-corrected chi connectivity index (χ4v) is 5.59. The van der Waals surface area contributed by atoms with Crippen molar-refractivity contribution in [2.75, 3.05) is 5.32 Å². The SMILES string of the molecule is CCc1cccc(C)c1NC(=O)C(CC)OC(=O)c1cccc2cccc(-c3nc4ccccc4s3)c12.